The van der Waals surface area contributed by atoms with Crippen molar-refractivity contribution in [2.45, 2.75) is 44.7 Å². The second-order valence-corrected chi connectivity index (χ2v) is 8.51. The van der Waals surface area contributed by atoms with Crippen LogP contribution in [0.15, 0.2) is 47.4 Å². The van der Waals surface area contributed by atoms with Crippen LogP contribution in [-0.4, -0.2) is 35.1 Å². The molecule has 2 amide bonds. The standard InChI is InChI=1S/C22H26Cl2N2O2S/c1-4-20(22(28)25-5-2)26(13-17-18(23)7-6-8-19(17)24)21(27)14-29-16-11-9-15(3)10-12-16/h6-12,20H,4-5,13-14H2,1-3H3,(H,25,28)/t20-/m1/s1. The number of aryl methyl sites for hydroxylation is 1. The van der Waals surface area contributed by atoms with Crippen molar-refractivity contribution in [3.63, 3.8) is 0 Å². The second-order valence-electron chi connectivity index (χ2n) is 6.64. The third-order valence-corrected chi connectivity index (χ3v) is 6.22. The van der Waals surface area contributed by atoms with Crippen LogP contribution in [0.2, 0.25) is 10.0 Å². The molecule has 0 aliphatic heterocycles. The van der Waals surface area contributed by atoms with Crippen LogP contribution >= 0.6 is 35.0 Å². The third-order valence-electron chi connectivity index (χ3n) is 4.51. The molecule has 0 aromatic heterocycles. The lowest BCUT2D eigenvalue weighted by Crippen LogP contribution is -2.49. The molecule has 0 fully saturated rings. The van der Waals surface area contributed by atoms with Gasteiger partial charge in [-0.05, 0) is 44.5 Å². The predicted molar refractivity (Wildman–Crippen MR) is 122 cm³/mol. The Labute approximate surface area is 187 Å². The topological polar surface area (TPSA) is 49.4 Å². The number of thioether (sulfide) groups is 1. The Morgan fingerprint density at radius 3 is 2.24 bits per heavy atom. The first-order valence-electron chi connectivity index (χ1n) is 9.56. The molecule has 0 saturated carbocycles. The van der Waals surface area contributed by atoms with Crippen molar-refractivity contribution in [2.75, 3.05) is 12.3 Å². The Bertz CT molecular complexity index is 823. The van der Waals surface area contributed by atoms with Crippen LogP contribution in [0.1, 0.15) is 31.4 Å². The molecule has 29 heavy (non-hydrogen) atoms. The van der Waals surface area contributed by atoms with E-state index in [1.165, 1.54) is 11.8 Å². The average molecular weight is 453 g/mol. The van der Waals surface area contributed by atoms with Crippen molar-refractivity contribution in [3.05, 3.63) is 63.6 Å². The zero-order valence-electron chi connectivity index (χ0n) is 16.9. The quantitative estimate of drug-likeness (QED) is 0.522. The predicted octanol–water partition coefficient (Wildman–Crippen LogP) is 5.34. The van der Waals surface area contributed by atoms with E-state index in [0.717, 1.165) is 10.5 Å². The van der Waals surface area contributed by atoms with Gasteiger partial charge in [0.1, 0.15) is 6.04 Å². The Morgan fingerprint density at radius 1 is 1.07 bits per heavy atom. The van der Waals surface area contributed by atoms with E-state index >= 15 is 0 Å². The fourth-order valence-electron chi connectivity index (χ4n) is 2.93. The number of hydrogen-bond donors (Lipinski definition) is 1. The monoisotopic (exact) mass is 452 g/mol. The van der Waals surface area contributed by atoms with Gasteiger partial charge in [0.2, 0.25) is 11.8 Å². The van der Waals surface area contributed by atoms with Gasteiger partial charge in [0.15, 0.2) is 0 Å². The molecule has 4 nitrogen and oxygen atoms in total. The summed E-state index contributed by atoms with van der Waals surface area (Å²) in [6.07, 6.45) is 0.495. The van der Waals surface area contributed by atoms with Gasteiger partial charge in [-0.1, -0.05) is 53.9 Å². The first-order valence-corrected chi connectivity index (χ1v) is 11.3. The number of benzene rings is 2. The Kier molecular flexibility index (Phi) is 9.34. The molecule has 0 unspecified atom stereocenters. The summed E-state index contributed by atoms with van der Waals surface area (Å²) < 4.78 is 0. The van der Waals surface area contributed by atoms with E-state index in [2.05, 4.69) is 5.32 Å². The van der Waals surface area contributed by atoms with Crippen LogP contribution < -0.4 is 5.32 Å². The first-order chi connectivity index (χ1) is 13.9. The van der Waals surface area contributed by atoms with Crippen LogP contribution in [-0.2, 0) is 16.1 Å². The molecule has 0 saturated heterocycles. The summed E-state index contributed by atoms with van der Waals surface area (Å²) in [7, 11) is 0. The maximum atomic E-state index is 13.2. The van der Waals surface area contributed by atoms with Gasteiger partial charge < -0.3 is 10.2 Å². The highest BCUT2D eigenvalue weighted by molar-refractivity contribution is 8.00. The molecule has 0 aliphatic carbocycles. The molecule has 1 N–H and O–H groups in total. The van der Waals surface area contributed by atoms with Crippen LogP contribution in [0.5, 0.6) is 0 Å². The molecule has 0 aliphatic rings. The van der Waals surface area contributed by atoms with Gasteiger partial charge >= 0.3 is 0 Å². The van der Waals surface area contributed by atoms with Crippen LogP contribution in [0.25, 0.3) is 0 Å². The maximum absolute atomic E-state index is 13.2. The number of hydrogen-bond acceptors (Lipinski definition) is 3. The van der Waals surface area contributed by atoms with Crippen LogP contribution in [0.4, 0.5) is 0 Å². The van der Waals surface area contributed by atoms with Gasteiger partial charge in [-0.15, -0.1) is 11.8 Å². The number of nitrogens with zero attached hydrogens (tertiary/aromatic N) is 1. The SMILES string of the molecule is CCNC(=O)[C@@H](CC)N(Cc1c(Cl)cccc1Cl)C(=O)CSc1ccc(C)cc1. The minimum absolute atomic E-state index is 0.135. The summed E-state index contributed by atoms with van der Waals surface area (Å²) in [5.74, 6) is -0.0855. The van der Waals surface area contributed by atoms with Crippen LogP contribution in [0.3, 0.4) is 0 Å². The number of nitrogens with one attached hydrogen (secondary N) is 1. The fraction of sp³-hybridized carbons (Fsp3) is 0.364. The summed E-state index contributed by atoms with van der Waals surface area (Å²) in [4.78, 5) is 28.4. The zero-order valence-corrected chi connectivity index (χ0v) is 19.2. The Balaban J connectivity index is 2.25. The molecular formula is C22H26Cl2N2O2S. The normalized spacial score (nSPS) is 11.8. The number of likely N-dealkylation sites (N-methyl/N-ethyl adjacent to an activating group) is 1. The van der Waals surface area contributed by atoms with E-state index in [1.54, 1.807) is 23.1 Å². The van der Waals surface area contributed by atoms with Crippen molar-refractivity contribution in [2.24, 2.45) is 0 Å². The maximum Gasteiger partial charge on any atom is 0.242 e. The Hall–Kier alpha value is -1.69. The first kappa shape index (κ1) is 23.6. The van der Waals surface area contributed by atoms with Crippen molar-refractivity contribution < 1.29 is 9.59 Å². The summed E-state index contributed by atoms with van der Waals surface area (Å²) in [5, 5.41) is 3.78. The van der Waals surface area contributed by atoms with Gasteiger partial charge in [0.25, 0.3) is 0 Å². The van der Waals surface area contributed by atoms with Crippen molar-refractivity contribution >= 4 is 46.8 Å². The van der Waals surface area contributed by atoms with Gasteiger partial charge in [-0.25, -0.2) is 0 Å². The fourth-order valence-corrected chi connectivity index (χ4v) is 4.23. The molecule has 0 bridgehead atoms. The number of amides is 2. The second kappa shape index (κ2) is 11.5. The molecule has 2 rings (SSSR count). The van der Waals surface area contributed by atoms with Crippen molar-refractivity contribution in [3.8, 4) is 0 Å². The van der Waals surface area contributed by atoms with E-state index in [-0.39, 0.29) is 24.1 Å². The molecular weight excluding hydrogens is 427 g/mol. The molecule has 7 heteroatoms. The minimum atomic E-state index is -0.589. The lowest BCUT2D eigenvalue weighted by atomic mass is 10.1. The summed E-state index contributed by atoms with van der Waals surface area (Å²) in [6.45, 7) is 6.45. The van der Waals surface area contributed by atoms with Gasteiger partial charge in [-0.3, -0.25) is 9.59 Å². The van der Waals surface area contributed by atoms with Gasteiger partial charge in [0, 0.05) is 33.6 Å². The van der Waals surface area contributed by atoms with Gasteiger partial charge in [-0.2, -0.15) is 0 Å². The smallest absolute Gasteiger partial charge is 0.242 e. The average Bonchev–Trinajstić information content (AvgIpc) is 2.69. The number of carbonyl (C=O) groups excluding carboxylic acids is 2. The molecule has 0 radical (unpaired) electrons. The highest BCUT2D eigenvalue weighted by Crippen LogP contribution is 2.28. The third kappa shape index (κ3) is 6.66. The highest BCUT2D eigenvalue weighted by Gasteiger charge is 2.29. The van der Waals surface area contributed by atoms with Crippen molar-refractivity contribution in [1.29, 1.82) is 0 Å². The highest BCUT2D eigenvalue weighted by atomic mass is 35.5. The Morgan fingerprint density at radius 2 is 1.69 bits per heavy atom. The summed E-state index contributed by atoms with van der Waals surface area (Å²) in [5.41, 5.74) is 1.81. The molecule has 156 valence electrons. The molecule has 2 aromatic carbocycles. The lowest BCUT2D eigenvalue weighted by molar-refractivity contribution is -0.139. The molecule has 0 heterocycles. The molecule has 0 spiro atoms. The summed E-state index contributed by atoms with van der Waals surface area (Å²) in [6, 6.07) is 12.6. The lowest BCUT2D eigenvalue weighted by Gasteiger charge is -2.31. The summed E-state index contributed by atoms with van der Waals surface area (Å²) >= 11 is 14.1. The largest absolute Gasteiger partial charge is 0.355 e. The van der Waals surface area contributed by atoms with E-state index in [1.807, 2.05) is 45.0 Å². The van der Waals surface area contributed by atoms with Crippen LogP contribution in [0, 0.1) is 6.92 Å². The van der Waals surface area contributed by atoms with E-state index in [0.29, 0.717) is 28.6 Å². The number of carbonyl (C=O) groups is 2. The minimum Gasteiger partial charge on any atom is -0.355 e. The molecule has 2 aromatic rings. The van der Waals surface area contributed by atoms with Gasteiger partial charge in [0.05, 0.1) is 5.75 Å². The van der Waals surface area contributed by atoms with E-state index < -0.39 is 6.04 Å². The van der Waals surface area contributed by atoms with E-state index in [9.17, 15) is 9.59 Å². The van der Waals surface area contributed by atoms with E-state index in [4.69, 9.17) is 23.2 Å². The molecule has 1 atom stereocenters. The zero-order chi connectivity index (χ0) is 21.4. The number of rotatable bonds is 9. The number of halogens is 2. The van der Waals surface area contributed by atoms with Crippen molar-refractivity contribution in [1.82, 2.24) is 10.2 Å².